The number of nitrogens with zero attached hydrogens (tertiary/aromatic N) is 6. The van der Waals surface area contributed by atoms with Gasteiger partial charge in [0.1, 0.15) is 18.2 Å². The molecule has 0 fully saturated rings. The van der Waals surface area contributed by atoms with Crippen molar-refractivity contribution >= 4 is 34.1 Å². The summed E-state index contributed by atoms with van der Waals surface area (Å²) in [6, 6.07) is 15.3. The number of nitrogens with one attached hydrogen (secondary N) is 1. The zero-order valence-corrected chi connectivity index (χ0v) is 17.2. The van der Waals surface area contributed by atoms with Gasteiger partial charge in [0.15, 0.2) is 4.34 Å². The molecule has 1 atom stereocenters. The topological polar surface area (TPSA) is 98.5 Å². The van der Waals surface area contributed by atoms with Gasteiger partial charge in [-0.25, -0.2) is 9.07 Å². The highest BCUT2D eigenvalue weighted by molar-refractivity contribution is 8.00. The highest BCUT2D eigenvalue weighted by Crippen LogP contribution is 2.29. The van der Waals surface area contributed by atoms with Crippen LogP contribution in [0.2, 0.25) is 0 Å². The van der Waals surface area contributed by atoms with Crippen LogP contribution in [0.1, 0.15) is 17.2 Å². The van der Waals surface area contributed by atoms with E-state index in [4.69, 9.17) is 0 Å². The molecule has 0 saturated heterocycles. The smallest absolute Gasteiger partial charge is 0.251 e. The number of tetrazole rings is 1. The van der Waals surface area contributed by atoms with Crippen molar-refractivity contribution in [3.63, 3.8) is 0 Å². The zero-order valence-electron chi connectivity index (χ0n) is 15.6. The number of thioether (sulfide) groups is 1. The van der Waals surface area contributed by atoms with Crippen molar-refractivity contribution in [2.45, 2.75) is 22.6 Å². The first-order valence-corrected chi connectivity index (χ1v) is 10.8. The summed E-state index contributed by atoms with van der Waals surface area (Å²) in [7, 11) is 0. The lowest BCUT2D eigenvalue weighted by atomic mass is 10.1. The van der Waals surface area contributed by atoms with E-state index in [1.807, 2.05) is 30.3 Å². The van der Waals surface area contributed by atoms with Crippen molar-refractivity contribution in [2.24, 2.45) is 0 Å². The molecule has 4 rings (SSSR count). The number of amides is 1. The number of aromatic nitrogens is 6. The van der Waals surface area contributed by atoms with Crippen molar-refractivity contribution in [1.82, 2.24) is 30.4 Å². The Morgan fingerprint density at radius 3 is 2.63 bits per heavy atom. The Labute approximate surface area is 179 Å². The third-order valence-corrected chi connectivity index (χ3v) is 6.21. The molecule has 0 saturated carbocycles. The molecule has 30 heavy (non-hydrogen) atoms. The molecule has 152 valence electrons. The van der Waals surface area contributed by atoms with Crippen LogP contribution < -0.4 is 5.32 Å². The first kappa shape index (κ1) is 20.1. The van der Waals surface area contributed by atoms with E-state index in [9.17, 15) is 9.18 Å². The molecule has 8 nitrogen and oxygen atoms in total. The van der Waals surface area contributed by atoms with Crippen LogP contribution in [-0.2, 0) is 17.0 Å². The fourth-order valence-electron chi connectivity index (χ4n) is 2.69. The molecule has 2 aromatic heterocycles. The minimum atomic E-state index is -0.624. The van der Waals surface area contributed by atoms with E-state index < -0.39 is 6.04 Å². The Morgan fingerprint density at radius 2 is 1.90 bits per heavy atom. The lowest BCUT2D eigenvalue weighted by Crippen LogP contribution is -2.28. The van der Waals surface area contributed by atoms with Gasteiger partial charge in [-0.1, -0.05) is 65.6 Å². The van der Waals surface area contributed by atoms with E-state index in [-0.39, 0.29) is 11.7 Å². The summed E-state index contributed by atoms with van der Waals surface area (Å²) in [5, 5.41) is 22.5. The average Bonchev–Trinajstić information content (AvgIpc) is 3.45. The van der Waals surface area contributed by atoms with Gasteiger partial charge in [-0.3, -0.25) is 10.1 Å². The van der Waals surface area contributed by atoms with Crippen molar-refractivity contribution in [3.8, 4) is 0 Å². The molecular weight excluding hydrogens is 425 g/mol. The number of carbonyl (C=O) groups excluding carboxylic acids is 1. The highest BCUT2D eigenvalue weighted by Gasteiger charge is 2.23. The standard InChI is InChI=1S/C19H16FN7OS2/c20-15-8-6-14(7-9-15)11-29-19-24-23-18(30-19)22-17(28)16(27-12-21-25-26-27)10-13-4-2-1-3-5-13/h1-9,12,16H,10-11H2,(H,22,23,28). The van der Waals surface area contributed by atoms with Gasteiger partial charge >= 0.3 is 0 Å². The Hall–Kier alpha value is -3.18. The Morgan fingerprint density at radius 1 is 1.10 bits per heavy atom. The third-order valence-electron chi connectivity index (χ3n) is 4.17. The van der Waals surface area contributed by atoms with Gasteiger partial charge in [-0.15, -0.1) is 15.3 Å². The van der Waals surface area contributed by atoms with Crippen LogP contribution in [0.25, 0.3) is 0 Å². The predicted molar refractivity (Wildman–Crippen MR) is 111 cm³/mol. The number of hydrogen-bond donors (Lipinski definition) is 1. The minimum Gasteiger partial charge on any atom is -0.299 e. The summed E-state index contributed by atoms with van der Waals surface area (Å²) in [6.07, 6.45) is 1.85. The summed E-state index contributed by atoms with van der Waals surface area (Å²) in [6.45, 7) is 0. The largest absolute Gasteiger partial charge is 0.299 e. The Bertz CT molecular complexity index is 1090. The maximum Gasteiger partial charge on any atom is 0.251 e. The molecular formula is C19H16FN7OS2. The second-order valence-corrected chi connectivity index (χ2v) is 8.47. The monoisotopic (exact) mass is 441 g/mol. The van der Waals surface area contributed by atoms with E-state index in [0.717, 1.165) is 11.1 Å². The quantitative estimate of drug-likeness (QED) is 0.331. The van der Waals surface area contributed by atoms with E-state index >= 15 is 0 Å². The molecule has 2 aromatic carbocycles. The van der Waals surface area contributed by atoms with Crippen LogP contribution in [0.15, 0.2) is 65.3 Å². The lowest BCUT2D eigenvalue weighted by Gasteiger charge is -2.15. The van der Waals surface area contributed by atoms with Gasteiger partial charge in [0, 0.05) is 12.2 Å². The van der Waals surface area contributed by atoms with Crippen LogP contribution in [0, 0.1) is 5.82 Å². The van der Waals surface area contributed by atoms with E-state index in [1.54, 1.807) is 12.1 Å². The number of benzene rings is 2. The third kappa shape index (κ3) is 5.24. The number of hydrogen-bond acceptors (Lipinski definition) is 8. The molecule has 1 N–H and O–H groups in total. The summed E-state index contributed by atoms with van der Waals surface area (Å²) in [5.41, 5.74) is 1.96. The first-order chi connectivity index (χ1) is 14.7. The number of rotatable bonds is 8. The van der Waals surface area contributed by atoms with Gasteiger partial charge in [0.25, 0.3) is 5.91 Å². The summed E-state index contributed by atoms with van der Waals surface area (Å²) < 4.78 is 15.1. The fraction of sp³-hybridized carbons (Fsp3) is 0.158. The van der Waals surface area contributed by atoms with Crippen molar-refractivity contribution in [1.29, 1.82) is 0 Å². The van der Waals surface area contributed by atoms with E-state index in [0.29, 0.717) is 21.6 Å². The molecule has 11 heteroatoms. The summed E-state index contributed by atoms with van der Waals surface area (Å²) in [5.74, 6) is 0.0825. The summed E-state index contributed by atoms with van der Waals surface area (Å²) in [4.78, 5) is 12.9. The molecule has 0 spiro atoms. The van der Waals surface area contributed by atoms with Crippen LogP contribution in [0.4, 0.5) is 9.52 Å². The minimum absolute atomic E-state index is 0.266. The Balaban J connectivity index is 1.40. The van der Waals surface area contributed by atoms with Crippen LogP contribution in [-0.4, -0.2) is 36.3 Å². The van der Waals surface area contributed by atoms with E-state index in [2.05, 4.69) is 31.0 Å². The second kappa shape index (κ2) is 9.55. The number of carbonyl (C=O) groups is 1. The van der Waals surface area contributed by atoms with Gasteiger partial charge < -0.3 is 0 Å². The normalized spacial score (nSPS) is 11.9. The molecule has 2 heterocycles. The molecule has 0 aliphatic heterocycles. The highest BCUT2D eigenvalue weighted by atomic mass is 32.2. The molecule has 1 unspecified atom stereocenters. The molecule has 0 aliphatic rings. The molecule has 4 aromatic rings. The van der Waals surface area contributed by atoms with E-state index in [1.165, 1.54) is 46.2 Å². The average molecular weight is 442 g/mol. The van der Waals surface area contributed by atoms with Gasteiger partial charge in [-0.2, -0.15) is 0 Å². The Kier molecular flexibility index (Phi) is 6.40. The number of halogens is 1. The lowest BCUT2D eigenvalue weighted by molar-refractivity contribution is -0.119. The predicted octanol–water partition coefficient (Wildman–Crippen LogP) is 3.38. The zero-order chi connectivity index (χ0) is 20.8. The van der Waals surface area contributed by atoms with Gasteiger partial charge in [-0.05, 0) is 33.7 Å². The van der Waals surface area contributed by atoms with Crippen molar-refractivity contribution < 1.29 is 9.18 Å². The molecule has 0 radical (unpaired) electrons. The first-order valence-electron chi connectivity index (χ1n) is 8.95. The maximum absolute atomic E-state index is 13.0. The van der Waals surface area contributed by atoms with Crippen molar-refractivity contribution in [2.75, 3.05) is 5.32 Å². The fourth-order valence-corrected chi connectivity index (χ4v) is 4.40. The SMILES string of the molecule is O=C(Nc1nnc(SCc2ccc(F)cc2)s1)C(Cc1ccccc1)n1cnnn1. The van der Waals surface area contributed by atoms with Gasteiger partial charge in [0.05, 0.1) is 0 Å². The maximum atomic E-state index is 13.0. The summed E-state index contributed by atoms with van der Waals surface area (Å²) >= 11 is 2.75. The van der Waals surface area contributed by atoms with Crippen LogP contribution in [0.3, 0.4) is 0 Å². The molecule has 0 bridgehead atoms. The van der Waals surface area contributed by atoms with Gasteiger partial charge in [0.2, 0.25) is 5.13 Å². The number of anilines is 1. The van der Waals surface area contributed by atoms with Crippen LogP contribution in [0.5, 0.6) is 0 Å². The van der Waals surface area contributed by atoms with Crippen LogP contribution >= 0.6 is 23.1 Å². The van der Waals surface area contributed by atoms with Crippen molar-refractivity contribution in [3.05, 3.63) is 77.9 Å². The molecule has 1 amide bonds. The second-order valence-electron chi connectivity index (χ2n) is 6.27. The molecule has 0 aliphatic carbocycles.